The van der Waals surface area contributed by atoms with E-state index >= 15 is 0 Å². The molecule has 0 heterocycles. The number of carbonyl (C=O) groups excluding carboxylic acids is 4. The first kappa shape index (κ1) is 21.1. The van der Waals surface area contributed by atoms with Gasteiger partial charge >= 0.3 is 11.9 Å². The van der Waals surface area contributed by atoms with E-state index in [4.69, 9.17) is 0 Å². The van der Waals surface area contributed by atoms with Crippen molar-refractivity contribution in [3.63, 3.8) is 0 Å². The number of benzene rings is 1. The van der Waals surface area contributed by atoms with Crippen LogP contribution in [0.2, 0.25) is 0 Å². The third kappa shape index (κ3) is 6.88. The van der Waals surface area contributed by atoms with Gasteiger partial charge < -0.3 is 20.1 Å². The molecule has 2 N–H and O–H groups in total. The summed E-state index contributed by atoms with van der Waals surface area (Å²) in [7, 11) is 2.26. The molecule has 0 fully saturated rings. The van der Waals surface area contributed by atoms with Crippen molar-refractivity contribution < 1.29 is 33.0 Å². The summed E-state index contributed by atoms with van der Waals surface area (Å²) in [6.07, 6.45) is -0.351. The molecule has 1 aromatic carbocycles. The lowest BCUT2D eigenvalue weighted by Gasteiger charge is -2.21. The third-order valence-electron chi connectivity index (χ3n) is 3.45. The van der Waals surface area contributed by atoms with Crippen LogP contribution in [0.5, 0.6) is 0 Å². The Labute approximate surface area is 150 Å². The first-order valence-corrected chi connectivity index (χ1v) is 7.73. The maximum atomic E-state index is 13.0. The Balaban J connectivity index is 2.91. The minimum Gasteiger partial charge on any atom is -0.469 e. The molecule has 0 saturated carbocycles. The first-order chi connectivity index (χ1) is 12.3. The number of carbonyl (C=O) groups is 4. The van der Waals surface area contributed by atoms with Gasteiger partial charge in [-0.2, -0.15) is 0 Å². The van der Waals surface area contributed by atoms with Crippen molar-refractivity contribution >= 4 is 23.8 Å². The van der Waals surface area contributed by atoms with Gasteiger partial charge in [0.25, 0.3) is 0 Å². The zero-order valence-corrected chi connectivity index (χ0v) is 14.7. The monoisotopic (exact) mass is 368 g/mol. The van der Waals surface area contributed by atoms with Gasteiger partial charge in [0, 0.05) is 13.3 Å². The van der Waals surface area contributed by atoms with E-state index in [2.05, 4.69) is 20.1 Å². The van der Waals surface area contributed by atoms with Crippen LogP contribution in [0.4, 0.5) is 4.39 Å². The van der Waals surface area contributed by atoms with Crippen molar-refractivity contribution in [3.8, 4) is 0 Å². The second-order valence-electron chi connectivity index (χ2n) is 5.45. The van der Waals surface area contributed by atoms with Gasteiger partial charge in [0.05, 0.1) is 20.6 Å². The van der Waals surface area contributed by atoms with Crippen LogP contribution in [0.3, 0.4) is 0 Å². The van der Waals surface area contributed by atoms with E-state index in [9.17, 15) is 23.6 Å². The van der Waals surface area contributed by atoms with E-state index in [0.717, 1.165) is 14.2 Å². The number of esters is 2. The average molecular weight is 368 g/mol. The number of amides is 2. The maximum absolute atomic E-state index is 13.0. The molecule has 0 saturated heterocycles. The Morgan fingerprint density at radius 1 is 1.00 bits per heavy atom. The standard InChI is InChI=1S/C17H21FN2O6/c1-10(21)19-13(8-11-4-6-12(18)7-5-11)16(23)20-14(17(24)26-3)9-15(22)25-2/h4-7,13-14H,8-9H2,1-3H3,(H,19,21)(H,20,23)/t13-,14-/m0/s1. The van der Waals surface area contributed by atoms with Gasteiger partial charge in [0.15, 0.2) is 0 Å². The Kier molecular flexibility index (Phi) is 8.20. The van der Waals surface area contributed by atoms with Crippen LogP contribution in [0.1, 0.15) is 18.9 Å². The van der Waals surface area contributed by atoms with Gasteiger partial charge in [-0.25, -0.2) is 9.18 Å². The summed E-state index contributed by atoms with van der Waals surface area (Å²) >= 11 is 0. The highest BCUT2D eigenvalue weighted by Crippen LogP contribution is 2.07. The first-order valence-electron chi connectivity index (χ1n) is 7.73. The van der Waals surface area contributed by atoms with Crippen LogP contribution in [-0.2, 0) is 35.1 Å². The molecule has 0 radical (unpaired) electrons. The smallest absolute Gasteiger partial charge is 0.328 e. The fraction of sp³-hybridized carbons (Fsp3) is 0.412. The lowest BCUT2D eigenvalue weighted by molar-refractivity contribution is -0.151. The van der Waals surface area contributed by atoms with Crippen molar-refractivity contribution in [1.82, 2.24) is 10.6 Å². The molecule has 0 aromatic heterocycles. The van der Waals surface area contributed by atoms with Gasteiger partial charge in [-0.05, 0) is 17.7 Å². The van der Waals surface area contributed by atoms with Crippen LogP contribution in [0.25, 0.3) is 0 Å². The van der Waals surface area contributed by atoms with E-state index < -0.39 is 48.1 Å². The predicted octanol–water partition coefficient (Wildman–Crippen LogP) is 0.0938. The molecule has 9 heteroatoms. The van der Waals surface area contributed by atoms with Crippen LogP contribution < -0.4 is 10.6 Å². The minimum absolute atomic E-state index is 0.0673. The number of nitrogens with one attached hydrogen (secondary N) is 2. The van der Waals surface area contributed by atoms with Gasteiger partial charge in [0.1, 0.15) is 17.9 Å². The Hall–Kier alpha value is -2.97. The molecule has 1 aromatic rings. The van der Waals surface area contributed by atoms with E-state index in [0.29, 0.717) is 5.56 Å². The molecule has 0 bridgehead atoms. The molecule has 0 spiro atoms. The second-order valence-corrected chi connectivity index (χ2v) is 5.45. The number of methoxy groups -OCH3 is 2. The van der Waals surface area contributed by atoms with Crippen molar-refractivity contribution in [3.05, 3.63) is 35.6 Å². The zero-order chi connectivity index (χ0) is 19.7. The number of rotatable bonds is 8. The Bertz CT molecular complexity index is 662. The lowest BCUT2D eigenvalue weighted by atomic mass is 10.0. The highest BCUT2D eigenvalue weighted by atomic mass is 19.1. The molecule has 0 aliphatic heterocycles. The fourth-order valence-electron chi connectivity index (χ4n) is 2.17. The molecule has 0 aliphatic carbocycles. The molecule has 8 nitrogen and oxygen atoms in total. The second kappa shape index (κ2) is 10.1. The van der Waals surface area contributed by atoms with E-state index in [1.807, 2.05) is 0 Å². The molecule has 26 heavy (non-hydrogen) atoms. The van der Waals surface area contributed by atoms with Crippen LogP contribution in [0, 0.1) is 5.82 Å². The normalized spacial score (nSPS) is 12.5. The molecule has 2 atom stereocenters. The van der Waals surface area contributed by atoms with Crippen LogP contribution in [0.15, 0.2) is 24.3 Å². The van der Waals surface area contributed by atoms with Gasteiger partial charge in [-0.15, -0.1) is 0 Å². The highest BCUT2D eigenvalue weighted by molar-refractivity contribution is 5.92. The summed E-state index contributed by atoms with van der Waals surface area (Å²) in [4.78, 5) is 47.1. The zero-order valence-electron chi connectivity index (χ0n) is 14.7. The number of hydrogen-bond donors (Lipinski definition) is 2. The predicted molar refractivity (Wildman–Crippen MR) is 88.3 cm³/mol. The number of hydrogen-bond acceptors (Lipinski definition) is 6. The van der Waals surface area contributed by atoms with Crippen LogP contribution in [-0.4, -0.2) is 50.1 Å². The molecular formula is C17H21FN2O6. The summed E-state index contributed by atoms with van der Waals surface area (Å²) in [5.74, 6) is -3.13. The van der Waals surface area contributed by atoms with Crippen molar-refractivity contribution in [2.45, 2.75) is 31.8 Å². The topological polar surface area (TPSA) is 111 Å². The van der Waals surface area contributed by atoms with Crippen LogP contribution >= 0.6 is 0 Å². The van der Waals surface area contributed by atoms with Crippen molar-refractivity contribution in [1.29, 1.82) is 0 Å². The van der Waals surface area contributed by atoms with Crippen molar-refractivity contribution in [2.24, 2.45) is 0 Å². The minimum atomic E-state index is -1.26. The fourth-order valence-corrected chi connectivity index (χ4v) is 2.17. The lowest BCUT2D eigenvalue weighted by Crippen LogP contribution is -2.52. The van der Waals surface area contributed by atoms with Gasteiger partial charge in [-0.1, -0.05) is 12.1 Å². The van der Waals surface area contributed by atoms with E-state index in [-0.39, 0.29) is 6.42 Å². The highest BCUT2D eigenvalue weighted by Gasteiger charge is 2.29. The molecule has 2 amide bonds. The Morgan fingerprint density at radius 2 is 1.62 bits per heavy atom. The summed E-state index contributed by atoms with van der Waals surface area (Å²) < 4.78 is 22.0. The SMILES string of the molecule is COC(=O)C[C@H](NC(=O)[C@H](Cc1ccc(F)cc1)NC(C)=O)C(=O)OC. The maximum Gasteiger partial charge on any atom is 0.328 e. The summed E-state index contributed by atoms with van der Waals surface area (Å²) in [6.45, 7) is 1.23. The van der Waals surface area contributed by atoms with Gasteiger partial charge in [0.2, 0.25) is 11.8 Å². The van der Waals surface area contributed by atoms with Crippen molar-refractivity contribution in [2.75, 3.05) is 14.2 Å². The third-order valence-corrected chi connectivity index (χ3v) is 3.45. The molecule has 0 unspecified atom stereocenters. The van der Waals surface area contributed by atoms with E-state index in [1.54, 1.807) is 0 Å². The number of ether oxygens (including phenoxy) is 2. The Morgan fingerprint density at radius 3 is 2.12 bits per heavy atom. The quantitative estimate of drug-likeness (QED) is 0.630. The van der Waals surface area contributed by atoms with E-state index in [1.165, 1.54) is 31.2 Å². The molecular weight excluding hydrogens is 347 g/mol. The van der Waals surface area contributed by atoms with Gasteiger partial charge in [-0.3, -0.25) is 14.4 Å². The summed E-state index contributed by atoms with van der Waals surface area (Å²) in [6, 6.07) is 3.12. The summed E-state index contributed by atoms with van der Waals surface area (Å²) in [5.41, 5.74) is 0.600. The molecule has 1 rings (SSSR count). The number of halogens is 1. The molecule has 0 aliphatic rings. The average Bonchev–Trinajstić information content (AvgIpc) is 2.61. The molecule has 142 valence electrons. The largest absolute Gasteiger partial charge is 0.469 e. The summed E-state index contributed by atoms with van der Waals surface area (Å²) in [5, 5.41) is 4.83.